The summed E-state index contributed by atoms with van der Waals surface area (Å²) in [4.78, 5) is 4.83. The van der Waals surface area contributed by atoms with Gasteiger partial charge in [0.15, 0.2) is 5.82 Å². The van der Waals surface area contributed by atoms with Gasteiger partial charge in [-0.15, -0.1) is 0 Å². The topological polar surface area (TPSA) is 66.4 Å². The van der Waals surface area contributed by atoms with Gasteiger partial charge in [0.25, 0.3) is 0 Å². The lowest BCUT2D eigenvalue weighted by Crippen LogP contribution is -2.35. The van der Waals surface area contributed by atoms with E-state index in [0.29, 0.717) is 16.4 Å². The SMILES string of the molecule is Cc1nn(-c2ccccc2)c2c1P(=S)(N1CCCCC1)OC(C(C#N)=Cc1ccc(Cl)cc1)=N2. The molecule has 2 aromatic carbocycles. The van der Waals surface area contributed by atoms with E-state index < -0.39 is 6.42 Å². The van der Waals surface area contributed by atoms with Gasteiger partial charge in [0.05, 0.1) is 11.4 Å². The van der Waals surface area contributed by atoms with Gasteiger partial charge in [0.1, 0.15) is 16.9 Å². The maximum Gasteiger partial charge on any atom is 0.238 e. The molecule has 1 unspecified atom stereocenters. The number of hydrogen-bond acceptors (Lipinski definition) is 5. The van der Waals surface area contributed by atoms with Gasteiger partial charge in [-0.05, 0) is 67.5 Å². The number of halogens is 1. The highest BCUT2D eigenvalue weighted by Crippen LogP contribution is 2.57. The Morgan fingerprint density at radius 1 is 1.12 bits per heavy atom. The van der Waals surface area contributed by atoms with Crippen molar-refractivity contribution in [3.8, 4) is 11.8 Å². The minimum Gasteiger partial charge on any atom is -0.430 e. The number of hydrogen-bond donors (Lipinski definition) is 0. The fourth-order valence-corrected chi connectivity index (χ4v) is 8.28. The summed E-state index contributed by atoms with van der Waals surface area (Å²) in [5.74, 6) is 0.895. The molecule has 0 N–H and O–H groups in total. The third-order valence-electron chi connectivity index (χ3n) is 5.94. The number of rotatable bonds is 4. The van der Waals surface area contributed by atoms with Gasteiger partial charge in [0.2, 0.25) is 12.3 Å². The molecule has 2 aliphatic rings. The second-order valence-electron chi connectivity index (χ2n) is 8.27. The molecular weight excluding hydrogens is 485 g/mol. The molecule has 2 aliphatic heterocycles. The molecular formula is C25H23ClN5OPS. The number of para-hydroxylation sites is 1. The van der Waals surface area contributed by atoms with E-state index in [2.05, 4.69) is 10.7 Å². The van der Waals surface area contributed by atoms with Crippen LogP contribution in [0.2, 0.25) is 5.02 Å². The predicted octanol–water partition coefficient (Wildman–Crippen LogP) is 5.92. The van der Waals surface area contributed by atoms with Crippen LogP contribution in [0.4, 0.5) is 5.82 Å². The van der Waals surface area contributed by atoms with Gasteiger partial charge < -0.3 is 4.52 Å². The maximum absolute atomic E-state index is 10.1. The molecule has 34 heavy (non-hydrogen) atoms. The zero-order valence-electron chi connectivity index (χ0n) is 18.7. The third-order valence-corrected chi connectivity index (χ3v) is 10.3. The van der Waals surface area contributed by atoms with Crippen LogP contribution in [-0.2, 0) is 16.3 Å². The average Bonchev–Trinajstić information content (AvgIpc) is 3.21. The molecule has 1 atom stereocenters. The molecule has 0 spiro atoms. The first-order valence-electron chi connectivity index (χ1n) is 11.2. The number of aromatic nitrogens is 2. The van der Waals surface area contributed by atoms with E-state index in [1.807, 2.05) is 54.1 Å². The zero-order chi connectivity index (χ0) is 23.7. The quantitative estimate of drug-likeness (QED) is 0.324. The molecule has 0 radical (unpaired) electrons. The van der Waals surface area contributed by atoms with E-state index in [0.717, 1.165) is 48.2 Å². The first-order valence-corrected chi connectivity index (χ1v) is 14.2. The van der Waals surface area contributed by atoms with E-state index in [-0.39, 0.29) is 5.90 Å². The third kappa shape index (κ3) is 4.23. The minimum absolute atomic E-state index is 0.246. The van der Waals surface area contributed by atoms with Crippen molar-refractivity contribution in [3.63, 3.8) is 0 Å². The Bertz CT molecular complexity index is 1370. The van der Waals surface area contributed by atoms with Gasteiger partial charge in [0, 0.05) is 18.1 Å². The average molecular weight is 508 g/mol. The monoisotopic (exact) mass is 507 g/mol. The first-order chi connectivity index (χ1) is 16.5. The van der Waals surface area contributed by atoms with Gasteiger partial charge >= 0.3 is 0 Å². The summed E-state index contributed by atoms with van der Waals surface area (Å²) in [7, 11) is 0. The number of fused-ring (bicyclic) bond motifs is 1. The molecule has 3 heterocycles. The number of piperidine rings is 1. The second kappa shape index (κ2) is 9.48. The summed E-state index contributed by atoms with van der Waals surface area (Å²) in [5, 5.41) is 16.4. The van der Waals surface area contributed by atoms with Gasteiger partial charge in [-0.1, -0.05) is 48.4 Å². The van der Waals surface area contributed by atoms with Crippen LogP contribution in [0.15, 0.2) is 65.2 Å². The molecule has 0 aliphatic carbocycles. The molecule has 1 aromatic heterocycles. The lowest BCUT2D eigenvalue weighted by Gasteiger charge is -2.38. The van der Waals surface area contributed by atoms with E-state index >= 15 is 0 Å². The Morgan fingerprint density at radius 2 is 1.82 bits per heavy atom. The largest absolute Gasteiger partial charge is 0.430 e. The highest BCUT2D eigenvalue weighted by molar-refractivity contribution is 8.15. The molecule has 172 valence electrons. The number of aryl methyl sites for hydroxylation is 1. The standard InChI is InChI=1S/C25H23ClN5OPS/c1-18-23-24(31(29-18)22-8-4-2-5-9-22)28-25(32-33(23,34)30-14-6-3-7-15-30)20(17-27)16-19-10-12-21(26)13-11-19/h2,4-5,8-13,16H,3,6-7,14-15H2,1H3. The van der Waals surface area contributed by atoms with Crippen molar-refractivity contribution in [2.75, 3.05) is 13.1 Å². The maximum atomic E-state index is 10.1. The Morgan fingerprint density at radius 3 is 2.50 bits per heavy atom. The van der Waals surface area contributed by atoms with E-state index in [4.69, 9.17) is 38.0 Å². The zero-order valence-corrected chi connectivity index (χ0v) is 21.2. The van der Waals surface area contributed by atoms with Crippen molar-refractivity contribution in [1.82, 2.24) is 14.5 Å². The summed E-state index contributed by atoms with van der Waals surface area (Å²) in [6.07, 6.45) is 2.37. The number of nitriles is 1. The molecule has 3 aromatic rings. The molecule has 0 saturated carbocycles. The Labute approximate surface area is 209 Å². The van der Waals surface area contributed by atoms with Crippen molar-refractivity contribution in [2.24, 2.45) is 4.99 Å². The van der Waals surface area contributed by atoms with E-state index in [1.54, 1.807) is 18.2 Å². The van der Waals surface area contributed by atoms with Crippen LogP contribution < -0.4 is 5.30 Å². The van der Waals surface area contributed by atoms with Crippen molar-refractivity contribution < 1.29 is 4.52 Å². The molecule has 1 saturated heterocycles. The fraction of sp³-hybridized carbons (Fsp3) is 0.240. The van der Waals surface area contributed by atoms with Gasteiger partial charge in [-0.2, -0.15) is 15.4 Å². The molecule has 9 heteroatoms. The van der Waals surface area contributed by atoms with Crippen LogP contribution in [0.25, 0.3) is 11.8 Å². The Hall–Kier alpha value is -2.75. The summed E-state index contributed by atoms with van der Waals surface area (Å²) in [6, 6.07) is 19.4. The number of nitrogens with zero attached hydrogens (tertiary/aromatic N) is 5. The lowest BCUT2D eigenvalue weighted by molar-refractivity contribution is 0.345. The summed E-state index contributed by atoms with van der Waals surface area (Å²) in [6.45, 7) is 3.69. The van der Waals surface area contributed by atoms with Crippen LogP contribution in [-0.4, -0.2) is 33.4 Å². The lowest BCUT2D eigenvalue weighted by atomic mass is 10.1. The highest BCUT2D eigenvalue weighted by atomic mass is 35.5. The van der Waals surface area contributed by atoms with E-state index in [1.165, 1.54) is 6.42 Å². The smallest absolute Gasteiger partial charge is 0.238 e. The minimum atomic E-state index is -2.71. The van der Waals surface area contributed by atoms with Gasteiger partial charge in [-0.3, -0.25) is 0 Å². The van der Waals surface area contributed by atoms with Gasteiger partial charge in [-0.25, -0.2) is 9.35 Å². The van der Waals surface area contributed by atoms with E-state index in [9.17, 15) is 5.26 Å². The molecule has 1 fully saturated rings. The summed E-state index contributed by atoms with van der Waals surface area (Å²) in [5.41, 5.74) is 2.85. The van der Waals surface area contributed by atoms with Crippen LogP contribution in [0.1, 0.15) is 30.5 Å². The molecule has 6 nitrogen and oxygen atoms in total. The first kappa shape index (κ1) is 23.0. The molecule has 5 rings (SSSR count). The van der Waals surface area contributed by atoms with Crippen LogP contribution in [0, 0.1) is 18.3 Å². The molecule has 0 amide bonds. The Kier molecular flexibility index (Phi) is 6.42. The van der Waals surface area contributed by atoms with Crippen LogP contribution >= 0.6 is 18.0 Å². The second-order valence-corrected chi connectivity index (χ2v) is 12.4. The highest BCUT2D eigenvalue weighted by Gasteiger charge is 2.42. The summed E-state index contributed by atoms with van der Waals surface area (Å²) >= 11 is 12.4. The van der Waals surface area contributed by atoms with Crippen molar-refractivity contribution >= 4 is 52.9 Å². The number of benzene rings is 2. The Balaban J connectivity index is 1.69. The van der Waals surface area contributed by atoms with Crippen molar-refractivity contribution in [3.05, 3.63) is 76.5 Å². The summed E-state index contributed by atoms with van der Waals surface area (Å²) < 4.78 is 10.6. The van der Waals surface area contributed by atoms with Crippen molar-refractivity contribution in [2.45, 2.75) is 26.2 Å². The molecule has 0 bridgehead atoms. The van der Waals surface area contributed by atoms with Crippen LogP contribution in [0.5, 0.6) is 0 Å². The normalized spacial score (nSPS) is 20.7. The van der Waals surface area contributed by atoms with Crippen molar-refractivity contribution in [1.29, 1.82) is 5.26 Å². The van der Waals surface area contributed by atoms with Crippen LogP contribution in [0.3, 0.4) is 0 Å². The predicted molar refractivity (Wildman–Crippen MR) is 141 cm³/mol. The number of aliphatic imine (C=N–C) groups is 1. The fourth-order valence-electron chi connectivity index (χ4n) is 4.28.